The first kappa shape index (κ1) is 13.9. The molecule has 1 aromatic heterocycles. The first-order chi connectivity index (χ1) is 10.7. The Morgan fingerprint density at radius 2 is 1.68 bits per heavy atom. The van der Waals surface area contributed by atoms with E-state index in [2.05, 4.69) is 46.2 Å². The standard InChI is InChI=1S/C18H24N4/c1-12-7-16-17(8-13(12)2)20-11-21-18(16)22-5-3-14-9-19-10-15(14)4-6-22/h7-8,11,14-15,19H,3-6,9-10H2,1-2H3/t14-,15+. The molecule has 2 fully saturated rings. The van der Waals surface area contributed by atoms with Crippen LogP contribution in [0.25, 0.3) is 10.9 Å². The van der Waals surface area contributed by atoms with Gasteiger partial charge in [0.05, 0.1) is 5.52 Å². The molecule has 0 spiro atoms. The topological polar surface area (TPSA) is 41.1 Å². The summed E-state index contributed by atoms with van der Waals surface area (Å²) in [5, 5.41) is 4.75. The minimum absolute atomic E-state index is 0.849. The van der Waals surface area contributed by atoms with Crippen molar-refractivity contribution >= 4 is 16.7 Å². The Bertz CT molecular complexity index is 683. The number of aryl methyl sites for hydroxylation is 2. The molecule has 22 heavy (non-hydrogen) atoms. The van der Waals surface area contributed by atoms with E-state index in [0.717, 1.165) is 36.3 Å². The second-order valence-corrected chi connectivity index (χ2v) is 6.89. The van der Waals surface area contributed by atoms with Crippen molar-refractivity contribution in [3.05, 3.63) is 29.6 Å². The average molecular weight is 296 g/mol. The van der Waals surface area contributed by atoms with Gasteiger partial charge in [-0.2, -0.15) is 0 Å². The second kappa shape index (κ2) is 5.51. The maximum absolute atomic E-state index is 4.64. The number of anilines is 1. The number of fused-ring (bicyclic) bond motifs is 2. The fraction of sp³-hybridized carbons (Fsp3) is 0.556. The van der Waals surface area contributed by atoms with Gasteiger partial charge in [0.1, 0.15) is 12.1 Å². The molecule has 0 radical (unpaired) electrons. The van der Waals surface area contributed by atoms with Crippen molar-refractivity contribution in [3.63, 3.8) is 0 Å². The van der Waals surface area contributed by atoms with Gasteiger partial charge in [0.2, 0.25) is 0 Å². The molecule has 1 N–H and O–H groups in total. The molecule has 2 saturated heterocycles. The van der Waals surface area contributed by atoms with Crippen LogP contribution in [0.4, 0.5) is 5.82 Å². The molecular weight excluding hydrogens is 272 g/mol. The monoisotopic (exact) mass is 296 g/mol. The maximum atomic E-state index is 4.64. The molecule has 0 aliphatic carbocycles. The van der Waals surface area contributed by atoms with Crippen LogP contribution >= 0.6 is 0 Å². The highest BCUT2D eigenvalue weighted by atomic mass is 15.2. The molecule has 3 heterocycles. The summed E-state index contributed by atoms with van der Waals surface area (Å²) in [5.74, 6) is 2.82. The van der Waals surface area contributed by atoms with Gasteiger partial charge in [-0.05, 0) is 74.9 Å². The summed E-state index contributed by atoms with van der Waals surface area (Å²) in [6, 6.07) is 4.44. The highest BCUT2D eigenvalue weighted by Gasteiger charge is 2.30. The predicted octanol–water partition coefficient (Wildman–Crippen LogP) is 2.68. The lowest BCUT2D eigenvalue weighted by Gasteiger charge is -2.23. The third kappa shape index (κ3) is 2.35. The zero-order valence-corrected chi connectivity index (χ0v) is 13.5. The lowest BCUT2D eigenvalue weighted by atomic mass is 9.92. The van der Waals surface area contributed by atoms with Gasteiger partial charge in [0.15, 0.2) is 0 Å². The van der Waals surface area contributed by atoms with Gasteiger partial charge in [-0.25, -0.2) is 9.97 Å². The molecule has 2 atom stereocenters. The van der Waals surface area contributed by atoms with Crippen molar-refractivity contribution in [2.45, 2.75) is 26.7 Å². The molecule has 4 nitrogen and oxygen atoms in total. The first-order valence-electron chi connectivity index (χ1n) is 8.40. The fourth-order valence-corrected chi connectivity index (χ4v) is 3.98. The van der Waals surface area contributed by atoms with Crippen LogP contribution in [-0.2, 0) is 0 Å². The summed E-state index contributed by atoms with van der Waals surface area (Å²) in [5.41, 5.74) is 3.69. The van der Waals surface area contributed by atoms with Crippen molar-refractivity contribution in [1.29, 1.82) is 0 Å². The Labute approximate surface area is 131 Å². The SMILES string of the molecule is Cc1cc2ncnc(N3CC[C@@H]4CNC[C@@H]4CC3)c2cc1C. The Morgan fingerprint density at radius 3 is 2.41 bits per heavy atom. The average Bonchev–Trinajstić information content (AvgIpc) is 2.87. The normalized spacial score (nSPS) is 25.3. The molecule has 4 heteroatoms. The lowest BCUT2D eigenvalue weighted by molar-refractivity contribution is 0.409. The zero-order chi connectivity index (χ0) is 15.1. The van der Waals surface area contributed by atoms with Gasteiger partial charge >= 0.3 is 0 Å². The summed E-state index contributed by atoms with van der Waals surface area (Å²) in [4.78, 5) is 11.6. The molecule has 2 aliphatic rings. The third-order valence-electron chi connectivity index (χ3n) is 5.55. The number of nitrogens with zero attached hydrogens (tertiary/aromatic N) is 3. The van der Waals surface area contributed by atoms with Gasteiger partial charge in [-0.1, -0.05) is 0 Å². The predicted molar refractivity (Wildman–Crippen MR) is 90.3 cm³/mol. The van der Waals surface area contributed by atoms with Gasteiger partial charge in [-0.15, -0.1) is 0 Å². The number of rotatable bonds is 1. The van der Waals surface area contributed by atoms with Crippen molar-refractivity contribution < 1.29 is 0 Å². The van der Waals surface area contributed by atoms with Crippen molar-refractivity contribution in [2.24, 2.45) is 11.8 Å². The summed E-state index contributed by atoms with van der Waals surface area (Å²) in [6.07, 6.45) is 4.27. The number of hydrogen-bond donors (Lipinski definition) is 1. The van der Waals surface area contributed by atoms with E-state index in [-0.39, 0.29) is 0 Å². The maximum Gasteiger partial charge on any atom is 0.139 e. The Hall–Kier alpha value is -1.68. The largest absolute Gasteiger partial charge is 0.356 e. The Balaban J connectivity index is 1.70. The molecule has 4 rings (SSSR count). The van der Waals surface area contributed by atoms with E-state index in [9.17, 15) is 0 Å². The molecular formula is C18H24N4. The van der Waals surface area contributed by atoms with Crippen molar-refractivity contribution in [1.82, 2.24) is 15.3 Å². The number of nitrogens with one attached hydrogen (secondary N) is 1. The third-order valence-corrected chi connectivity index (χ3v) is 5.55. The van der Waals surface area contributed by atoms with E-state index in [4.69, 9.17) is 0 Å². The molecule has 0 bridgehead atoms. The van der Waals surface area contributed by atoms with Crippen LogP contribution < -0.4 is 10.2 Å². The highest BCUT2D eigenvalue weighted by molar-refractivity contribution is 5.90. The zero-order valence-electron chi connectivity index (χ0n) is 13.5. The second-order valence-electron chi connectivity index (χ2n) is 6.89. The number of hydrogen-bond acceptors (Lipinski definition) is 4. The van der Waals surface area contributed by atoms with Crippen LogP contribution in [0.3, 0.4) is 0 Å². The van der Waals surface area contributed by atoms with Gasteiger partial charge < -0.3 is 10.2 Å². The van der Waals surface area contributed by atoms with E-state index in [0.29, 0.717) is 0 Å². The minimum Gasteiger partial charge on any atom is -0.356 e. The summed E-state index contributed by atoms with van der Waals surface area (Å²) >= 11 is 0. The molecule has 0 amide bonds. The van der Waals surface area contributed by atoms with E-state index in [1.165, 1.54) is 42.4 Å². The molecule has 0 unspecified atom stereocenters. The summed E-state index contributed by atoms with van der Waals surface area (Å²) < 4.78 is 0. The first-order valence-corrected chi connectivity index (χ1v) is 8.40. The minimum atomic E-state index is 0.849. The van der Waals surface area contributed by atoms with Crippen LogP contribution in [0.1, 0.15) is 24.0 Å². The van der Waals surface area contributed by atoms with E-state index >= 15 is 0 Å². The molecule has 116 valence electrons. The number of aromatic nitrogens is 2. The van der Waals surface area contributed by atoms with Crippen LogP contribution in [-0.4, -0.2) is 36.1 Å². The highest BCUT2D eigenvalue weighted by Crippen LogP contribution is 2.31. The summed E-state index contributed by atoms with van der Waals surface area (Å²) in [7, 11) is 0. The summed E-state index contributed by atoms with van der Waals surface area (Å²) in [6.45, 7) is 8.94. The van der Waals surface area contributed by atoms with Crippen LogP contribution in [0.15, 0.2) is 18.5 Å². The smallest absolute Gasteiger partial charge is 0.139 e. The van der Waals surface area contributed by atoms with Crippen LogP contribution in [0.5, 0.6) is 0 Å². The van der Waals surface area contributed by atoms with Gasteiger partial charge in [-0.3, -0.25) is 0 Å². The lowest BCUT2D eigenvalue weighted by Crippen LogP contribution is -2.27. The van der Waals surface area contributed by atoms with Gasteiger partial charge in [0, 0.05) is 18.5 Å². The van der Waals surface area contributed by atoms with E-state index in [1.807, 2.05) is 0 Å². The molecule has 2 aliphatic heterocycles. The van der Waals surface area contributed by atoms with E-state index < -0.39 is 0 Å². The van der Waals surface area contributed by atoms with Gasteiger partial charge in [0.25, 0.3) is 0 Å². The van der Waals surface area contributed by atoms with E-state index in [1.54, 1.807) is 6.33 Å². The Morgan fingerprint density at radius 1 is 1.00 bits per heavy atom. The quantitative estimate of drug-likeness (QED) is 0.878. The fourth-order valence-electron chi connectivity index (χ4n) is 3.98. The molecule has 1 aromatic carbocycles. The Kier molecular flexibility index (Phi) is 3.49. The number of benzene rings is 1. The van der Waals surface area contributed by atoms with Crippen LogP contribution in [0.2, 0.25) is 0 Å². The van der Waals surface area contributed by atoms with Crippen LogP contribution in [0, 0.1) is 25.7 Å². The molecule has 2 aromatic rings. The van der Waals surface area contributed by atoms with Crippen molar-refractivity contribution in [2.75, 3.05) is 31.1 Å². The van der Waals surface area contributed by atoms with Crippen molar-refractivity contribution in [3.8, 4) is 0 Å². The molecule has 0 saturated carbocycles.